The number of allylic oxidation sites excluding steroid dienone is 1. The molecule has 2 aliphatic rings. The van der Waals surface area contributed by atoms with E-state index in [1.54, 1.807) is 6.08 Å². The van der Waals surface area contributed by atoms with Crippen LogP contribution in [0.15, 0.2) is 47.5 Å². The van der Waals surface area contributed by atoms with Crippen molar-refractivity contribution in [1.82, 2.24) is 0 Å². The van der Waals surface area contributed by atoms with Crippen molar-refractivity contribution in [2.45, 2.75) is 19.3 Å². The van der Waals surface area contributed by atoms with E-state index >= 15 is 0 Å². The molecule has 1 aliphatic heterocycles. The Morgan fingerprint density at radius 2 is 2.11 bits per heavy atom. The topological polar surface area (TPSA) is 38.7 Å². The Morgan fingerprint density at radius 3 is 2.56 bits per heavy atom. The van der Waals surface area contributed by atoms with Gasteiger partial charge in [-0.25, -0.2) is 18.2 Å². The summed E-state index contributed by atoms with van der Waals surface area (Å²) in [6.45, 7) is 0.834. The third-order valence-corrected chi connectivity index (χ3v) is 2.47. The third kappa shape index (κ3) is 4.47. The zero-order valence-corrected chi connectivity index (χ0v) is 11.1. The van der Waals surface area contributed by atoms with Gasteiger partial charge in [-0.2, -0.15) is 24.3 Å². The maximum atomic E-state index is 11.1. The van der Waals surface area contributed by atoms with Crippen LogP contribution < -0.4 is 0 Å². The Kier molecular flexibility index (Phi) is 6.40. The van der Waals surface area contributed by atoms with Crippen molar-refractivity contribution in [3.63, 3.8) is 0 Å². The fourth-order valence-electron chi connectivity index (χ4n) is 1.60. The van der Waals surface area contributed by atoms with Gasteiger partial charge in [-0.1, -0.05) is 6.42 Å². The summed E-state index contributed by atoms with van der Waals surface area (Å²) in [5.41, 5.74) is 0. The quantitative estimate of drug-likeness (QED) is 0.587. The first kappa shape index (κ1) is 14.7. The van der Waals surface area contributed by atoms with E-state index in [4.69, 9.17) is 4.74 Å². The van der Waals surface area contributed by atoms with Crippen LogP contribution in [0.5, 0.6) is 0 Å². The molecule has 0 radical (unpaired) electrons. The molecule has 96 valence electrons. The van der Waals surface area contributed by atoms with Gasteiger partial charge in [0.2, 0.25) is 0 Å². The van der Waals surface area contributed by atoms with Gasteiger partial charge in [-0.15, -0.1) is 0 Å². The zero-order valence-electron chi connectivity index (χ0n) is 9.99. The number of nitrogens with zero attached hydrogens (tertiary/aromatic N) is 1. The van der Waals surface area contributed by atoms with Crippen LogP contribution in [0, 0.1) is 6.10 Å². The third-order valence-electron chi connectivity index (χ3n) is 2.47. The van der Waals surface area contributed by atoms with Gasteiger partial charge in [0.15, 0.2) is 5.90 Å². The van der Waals surface area contributed by atoms with Crippen LogP contribution in [0.4, 0.5) is 0 Å². The van der Waals surface area contributed by atoms with Gasteiger partial charge >= 0.3 is 17.1 Å². The number of carbonyl (C=O) groups is 1. The molecule has 0 atom stereocenters. The Hall–Kier alpha value is -1.38. The van der Waals surface area contributed by atoms with Gasteiger partial charge in [0, 0.05) is 19.1 Å². The van der Waals surface area contributed by atoms with E-state index in [2.05, 4.69) is 4.99 Å². The molecule has 0 unspecified atom stereocenters. The molecule has 0 fully saturated rings. The van der Waals surface area contributed by atoms with Crippen LogP contribution in [-0.4, -0.2) is 18.2 Å². The summed E-state index contributed by atoms with van der Waals surface area (Å²) in [6, 6.07) is 10.0. The molecular formula is C14H15FeNO2. The Balaban J connectivity index is 0.000000230. The van der Waals surface area contributed by atoms with Gasteiger partial charge in [0.25, 0.3) is 0 Å². The molecule has 1 aromatic rings. The van der Waals surface area contributed by atoms with Crippen LogP contribution in [0.25, 0.3) is 0 Å². The van der Waals surface area contributed by atoms with Crippen LogP contribution in [-0.2, 0) is 26.6 Å². The van der Waals surface area contributed by atoms with Gasteiger partial charge < -0.3 is 9.53 Å². The van der Waals surface area contributed by atoms with E-state index in [0.717, 1.165) is 19.4 Å². The predicted octanol–water partition coefficient (Wildman–Crippen LogP) is 2.66. The fraction of sp³-hybridized carbons (Fsp3) is 0.286. The van der Waals surface area contributed by atoms with Crippen molar-refractivity contribution in [1.29, 1.82) is 0 Å². The zero-order chi connectivity index (χ0) is 11.9. The summed E-state index contributed by atoms with van der Waals surface area (Å²) in [6.07, 6.45) is 6.38. The molecule has 1 aromatic carbocycles. The summed E-state index contributed by atoms with van der Waals surface area (Å²) in [4.78, 5) is 15.2. The standard InChI is InChI=1S/C9H10NO2.C5H5.Fe/c11-7-3-1-4-8(7)12-9-5-2-6-10-9;1-2-4-5-3-1;/h1,4H,2-3,5-6H2;1-5H;/q2*-1;+2. The van der Waals surface area contributed by atoms with Crippen LogP contribution in [0.2, 0.25) is 0 Å². The molecule has 0 saturated carbocycles. The molecule has 3 rings (SSSR count). The number of ether oxygens (including phenoxy) is 1. The molecule has 0 bridgehead atoms. The molecular weight excluding hydrogens is 270 g/mol. The number of rotatable bonds is 1. The van der Waals surface area contributed by atoms with Crippen LogP contribution in [0.1, 0.15) is 19.3 Å². The summed E-state index contributed by atoms with van der Waals surface area (Å²) in [5, 5.41) is 0. The monoisotopic (exact) mass is 285 g/mol. The summed E-state index contributed by atoms with van der Waals surface area (Å²) < 4.78 is 5.31. The van der Waals surface area contributed by atoms with Crippen molar-refractivity contribution in [3.8, 4) is 0 Å². The van der Waals surface area contributed by atoms with Crippen LogP contribution in [0.3, 0.4) is 0 Å². The van der Waals surface area contributed by atoms with E-state index in [9.17, 15) is 4.79 Å². The molecule has 0 saturated heterocycles. The number of aliphatic imine (C=N–C) groups is 1. The first-order valence-corrected chi connectivity index (χ1v) is 5.81. The van der Waals surface area contributed by atoms with E-state index in [1.807, 2.05) is 36.4 Å². The van der Waals surface area contributed by atoms with Crippen molar-refractivity contribution in [2.24, 2.45) is 4.99 Å². The minimum absolute atomic E-state index is 0. The first-order valence-electron chi connectivity index (χ1n) is 5.81. The average Bonchev–Trinajstić information content (AvgIpc) is 3.05. The maximum absolute atomic E-state index is 11.1. The maximum Gasteiger partial charge on any atom is 2.00 e. The minimum Gasteiger partial charge on any atom is -0.532 e. The van der Waals surface area contributed by atoms with E-state index < -0.39 is 0 Å². The summed E-state index contributed by atoms with van der Waals surface area (Å²) in [7, 11) is 0. The smallest absolute Gasteiger partial charge is 0.532 e. The molecule has 1 aliphatic carbocycles. The van der Waals surface area contributed by atoms with Gasteiger partial charge in [0.05, 0.1) is 0 Å². The molecule has 0 aromatic heterocycles. The molecule has 3 nitrogen and oxygen atoms in total. The molecule has 18 heavy (non-hydrogen) atoms. The molecule has 0 N–H and O–H groups in total. The Bertz CT molecular complexity index is 392. The summed E-state index contributed by atoms with van der Waals surface area (Å²) >= 11 is 0. The normalized spacial score (nSPS) is 16.8. The molecule has 4 heteroatoms. The minimum atomic E-state index is 0. The number of hydrogen-bond donors (Lipinski definition) is 0. The van der Waals surface area contributed by atoms with Crippen molar-refractivity contribution in [3.05, 3.63) is 48.6 Å². The molecule has 0 amide bonds. The second-order valence-corrected chi connectivity index (χ2v) is 3.84. The van der Waals surface area contributed by atoms with Gasteiger partial charge in [-0.05, 0) is 6.42 Å². The second kappa shape index (κ2) is 7.85. The fourth-order valence-corrected chi connectivity index (χ4v) is 1.60. The van der Waals surface area contributed by atoms with Crippen molar-refractivity contribution < 1.29 is 26.6 Å². The van der Waals surface area contributed by atoms with Crippen molar-refractivity contribution in [2.75, 3.05) is 6.54 Å². The van der Waals surface area contributed by atoms with Crippen LogP contribution >= 0.6 is 0 Å². The number of ketones is 1. The van der Waals surface area contributed by atoms with E-state index in [1.165, 1.54) is 0 Å². The average molecular weight is 285 g/mol. The van der Waals surface area contributed by atoms with Crippen molar-refractivity contribution >= 4 is 11.7 Å². The Labute approximate surface area is 118 Å². The van der Waals surface area contributed by atoms with E-state index in [-0.39, 0.29) is 22.9 Å². The Morgan fingerprint density at radius 1 is 1.33 bits per heavy atom. The first-order chi connectivity index (χ1) is 8.36. The number of Topliss-reactive ketones (excluding diaryl/α,β-unsaturated/α-hetero) is 1. The predicted molar refractivity (Wildman–Crippen MR) is 66.7 cm³/mol. The van der Waals surface area contributed by atoms with E-state index in [0.29, 0.717) is 18.4 Å². The molecule has 0 spiro atoms. The molecule has 1 heterocycles. The van der Waals surface area contributed by atoms with Gasteiger partial charge in [-0.3, -0.25) is 4.99 Å². The van der Waals surface area contributed by atoms with Gasteiger partial charge in [0.1, 0.15) is 5.78 Å². The number of hydrogen-bond acceptors (Lipinski definition) is 3. The summed E-state index contributed by atoms with van der Waals surface area (Å²) in [5.74, 6) is 0.773. The largest absolute Gasteiger partial charge is 2.00 e. The second-order valence-electron chi connectivity index (χ2n) is 3.84. The SMILES string of the molecule is O=C1CC=C[C-]1OC1=NCCC1.[Fe+2].c1cc[cH-]c1. The number of carbonyl (C=O) groups excluding carboxylic acids is 1.